The number of carbonyl (C=O) groups is 1. The lowest BCUT2D eigenvalue weighted by atomic mass is 10.1. The van der Waals surface area contributed by atoms with Crippen molar-refractivity contribution in [2.45, 2.75) is 26.4 Å². The van der Waals surface area contributed by atoms with Crippen molar-refractivity contribution in [3.63, 3.8) is 0 Å². The van der Waals surface area contributed by atoms with Crippen molar-refractivity contribution in [1.82, 2.24) is 5.32 Å². The van der Waals surface area contributed by atoms with Crippen molar-refractivity contribution in [2.75, 3.05) is 26.4 Å². The Labute approximate surface area is 132 Å². The van der Waals surface area contributed by atoms with Crippen LogP contribution in [0.15, 0.2) is 30.8 Å². The molecule has 0 bridgehead atoms. The van der Waals surface area contributed by atoms with Crippen LogP contribution in [0, 0.1) is 0 Å². The fourth-order valence-electron chi connectivity index (χ4n) is 1.83. The monoisotopic (exact) mass is 306 g/mol. The number of fused-ring (bicyclic) bond motifs is 1. The van der Waals surface area contributed by atoms with Gasteiger partial charge in [0.15, 0.2) is 0 Å². The molecule has 22 heavy (non-hydrogen) atoms. The first-order chi connectivity index (χ1) is 10.6. The number of benzene rings is 1. The highest BCUT2D eigenvalue weighted by Crippen LogP contribution is 2.21. The second kappa shape index (κ2) is 10.1. The molecule has 5 nitrogen and oxygen atoms in total. The van der Waals surface area contributed by atoms with Gasteiger partial charge in [0.05, 0.1) is 25.9 Å². The van der Waals surface area contributed by atoms with E-state index in [1.54, 1.807) is 6.07 Å². The van der Waals surface area contributed by atoms with E-state index >= 15 is 0 Å². The molecule has 5 heteroatoms. The highest BCUT2D eigenvalue weighted by atomic mass is 16.5. The summed E-state index contributed by atoms with van der Waals surface area (Å²) in [4.78, 5) is 11.1. The van der Waals surface area contributed by atoms with Crippen LogP contribution in [0.1, 0.15) is 36.2 Å². The number of carbonyl (C=O) groups excluding carboxylic acids is 1. The van der Waals surface area contributed by atoms with Gasteiger partial charge in [-0.05, 0) is 19.4 Å². The highest BCUT2D eigenvalue weighted by Gasteiger charge is 2.20. The third-order valence-electron chi connectivity index (χ3n) is 3.23. The molecule has 2 rings (SSSR count). The summed E-state index contributed by atoms with van der Waals surface area (Å²) in [5.41, 5.74) is 7.56. The summed E-state index contributed by atoms with van der Waals surface area (Å²) in [6.07, 6.45) is 1.40. The molecule has 1 unspecified atom stereocenters. The van der Waals surface area contributed by atoms with E-state index in [2.05, 4.69) is 25.7 Å². The standard InChI is InChI=1S/C9H7NO.C8H19NO2/c1-6-7-4-2-3-5-8(7)9(11)10-6;1-3-8(2)11-7-6-10-5-4-9/h2-5H,1H2,(H,10,11);8H,3-7,9H2,1-2H3. The molecule has 1 aromatic rings. The summed E-state index contributed by atoms with van der Waals surface area (Å²) in [5, 5.41) is 2.65. The van der Waals surface area contributed by atoms with Gasteiger partial charge >= 0.3 is 0 Å². The minimum atomic E-state index is -0.0504. The molecular formula is C17H26N2O3. The van der Waals surface area contributed by atoms with E-state index in [1.807, 2.05) is 18.2 Å². The molecule has 0 aliphatic carbocycles. The molecule has 0 radical (unpaired) electrons. The molecule has 0 spiro atoms. The lowest BCUT2D eigenvalue weighted by Gasteiger charge is -2.09. The van der Waals surface area contributed by atoms with Crippen LogP contribution in [-0.4, -0.2) is 38.4 Å². The van der Waals surface area contributed by atoms with Crippen molar-refractivity contribution in [2.24, 2.45) is 5.73 Å². The Bertz CT molecular complexity index is 456. The van der Waals surface area contributed by atoms with E-state index in [0.717, 1.165) is 17.5 Å². The first kappa shape index (κ1) is 18.4. The van der Waals surface area contributed by atoms with Crippen molar-refractivity contribution in [3.05, 3.63) is 42.0 Å². The van der Waals surface area contributed by atoms with Crippen LogP contribution >= 0.6 is 0 Å². The number of nitrogens with one attached hydrogen (secondary N) is 1. The van der Waals surface area contributed by atoms with Crippen LogP contribution in [0.2, 0.25) is 0 Å². The smallest absolute Gasteiger partial charge is 0.256 e. The average Bonchev–Trinajstić information content (AvgIpc) is 2.83. The van der Waals surface area contributed by atoms with Gasteiger partial charge in [-0.1, -0.05) is 31.7 Å². The summed E-state index contributed by atoms with van der Waals surface area (Å²) in [6, 6.07) is 7.42. The maximum absolute atomic E-state index is 11.1. The van der Waals surface area contributed by atoms with Crippen LogP contribution in [0.5, 0.6) is 0 Å². The summed E-state index contributed by atoms with van der Waals surface area (Å²) in [5.74, 6) is -0.0504. The van der Waals surface area contributed by atoms with E-state index in [-0.39, 0.29) is 5.91 Å². The van der Waals surface area contributed by atoms with Crippen LogP contribution in [0.4, 0.5) is 0 Å². The Kier molecular flexibility index (Phi) is 8.43. The topological polar surface area (TPSA) is 73.6 Å². The van der Waals surface area contributed by atoms with Gasteiger partial charge in [-0.2, -0.15) is 0 Å². The number of ether oxygens (including phenoxy) is 2. The Morgan fingerprint density at radius 1 is 1.23 bits per heavy atom. The van der Waals surface area contributed by atoms with E-state index in [9.17, 15) is 4.79 Å². The van der Waals surface area contributed by atoms with Gasteiger partial charge in [0, 0.05) is 23.4 Å². The molecule has 1 heterocycles. The zero-order valence-corrected chi connectivity index (χ0v) is 13.4. The quantitative estimate of drug-likeness (QED) is 0.757. The number of hydrogen-bond donors (Lipinski definition) is 2. The number of nitrogens with two attached hydrogens (primary N) is 1. The van der Waals surface area contributed by atoms with Crippen molar-refractivity contribution >= 4 is 11.6 Å². The fourth-order valence-corrected chi connectivity index (χ4v) is 1.83. The van der Waals surface area contributed by atoms with Crippen LogP contribution < -0.4 is 11.1 Å². The van der Waals surface area contributed by atoms with Crippen molar-refractivity contribution in [1.29, 1.82) is 0 Å². The van der Waals surface area contributed by atoms with E-state index < -0.39 is 0 Å². The number of rotatable bonds is 7. The molecular weight excluding hydrogens is 280 g/mol. The lowest BCUT2D eigenvalue weighted by Crippen LogP contribution is -2.15. The van der Waals surface area contributed by atoms with Gasteiger partial charge in [0.2, 0.25) is 0 Å². The predicted molar refractivity (Wildman–Crippen MR) is 88.5 cm³/mol. The number of hydrogen-bond acceptors (Lipinski definition) is 4. The molecule has 122 valence electrons. The lowest BCUT2D eigenvalue weighted by molar-refractivity contribution is 0.0129. The highest BCUT2D eigenvalue weighted by molar-refractivity contribution is 6.08. The first-order valence-corrected chi connectivity index (χ1v) is 7.59. The Morgan fingerprint density at radius 3 is 2.50 bits per heavy atom. The van der Waals surface area contributed by atoms with Crippen LogP contribution in [0.25, 0.3) is 5.70 Å². The third kappa shape index (κ3) is 5.97. The van der Waals surface area contributed by atoms with E-state index in [4.69, 9.17) is 15.2 Å². The summed E-state index contributed by atoms with van der Waals surface area (Å²) >= 11 is 0. The van der Waals surface area contributed by atoms with Gasteiger partial charge in [0.25, 0.3) is 5.91 Å². The average molecular weight is 306 g/mol. The minimum absolute atomic E-state index is 0.0504. The SMILES string of the molecule is C=C1NC(=O)c2ccccc21.CCC(C)OCCOCCN. The summed E-state index contributed by atoms with van der Waals surface area (Å²) in [6.45, 7) is 10.4. The largest absolute Gasteiger partial charge is 0.378 e. The first-order valence-electron chi connectivity index (χ1n) is 7.59. The molecule has 1 aliphatic rings. The second-order valence-electron chi connectivity index (χ2n) is 4.97. The van der Waals surface area contributed by atoms with Crippen LogP contribution in [-0.2, 0) is 9.47 Å². The van der Waals surface area contributed by atoms with Crippen molar-refractivity contribution < 1.29 is 14.3 Å². The predicted octanol–water partition coefficient (Wildman–Crippen LogP) is 2.18. The molecule has 0 aromatic heterocycles. The van der Waals surface area contributed by atoms with Crippen molar-refractivity contribution in [3.8, 4) is 0 Å². The summed E-state index contributed by atoms with van der Waals surface area (Å²) in [7, 11) is 0. The Balaban J connectivity index is 0.000000220. The van der Waals surface area contributed by atoms with E-state index in [0.29, 0.717) is 38.2 Å². The van der Waals surface area contributed by atoms with Gasteiger partial charge in [-0.3, -0.25) is 4.79 Å². The maximum atomic E-state index is 11.1. The third-order valence-corrected chi connectivity index (χ3v) is 3.23. The van der Waals surface area contributed by atoms with Gasteiger partial charge < -0.3 is 20.5 Å². The number of amides is 1. The Hall–Kier alpha value is -1.69. The normalized spacial score (nSPS) is 14.0. The molecule has 0 fully saturated rings. The van der Waals surface area contributed by atoms with E-state index in [1.165, 1.54) is 0 Å². The van der Waals surface area contributed by atoms with Crippen LogP contribution in [0.3, 0.4) is 0 Å². The molecule has 3 N–H and O–H groups in total. The van der Waals surface area contributed by atoms with Gasteiger partial charge in [-0.15, -0.1) is 0 Å². The zero-order valence-electron chi connectivity index (χ0n) is 13.4. The molecule has 0 saturated heterocycles. The minimum Gasteiger partial charge on any atom is -0.378 e. The molecule has 1 aromatic carbocycles. The molecule has 0 saturated carbocycles. The van der Waals surface area contributed by atoms with Gasteiger partial charge in [-0.25, -0.2) is 0 Å². The Morgan fingerprint density at radius 2 is 1.91 bits per heavy atom. The molecule has 1 aliphatic heterocycles. The zero-order chi connectivity index (χ0) is 16.4. The summed E-state index contributed by atoms with van der Waals surface area (Å²) < 4.78 is 10.5. The molecule has 1 amide bonds. The van der Waals surface area contributed by atoms with Gasteiger partial charge in [0.1, 0.15) is 0 Å². The second-order valence-corrected chi connectivity index (χ2v) is 4.97. The fraction of sp³-hybridized carbons (Fsp3) is 0.471. The molecule has 1 atom stereocenters. The maximum Gasteiger partial charge on any atom is 0.256 e.